The third kappa shape index (κ3) is 3.09. The Morgan fingerprint density at radius 1 is 1.42 bits per heavy atom. The second-order valence-corrected chi connectivity index (χ2v) is 4.35. The van der Waals surface area contributed by atoms with Gasteiger partial charge in [-0.25, -0.2) is 0 Å². The van der Waals surface area contributed by atoms with Crippen LogP contribution in [0.25, 0.3) is 0 Å². The topological polar surface area (TPSA) is 71.8 Å². The van der Waals surface area contributed by atoms with Gasteiger partial charge in [-0.15, -0.1) is 5.10 Å². The fraction of sp³-hybridized carbons (Fsp3) is 0.308. The van der Waals surface area contributed by atoms with Crippen molar-refractivity contribution >= 4 is 11.6 Å². The number of carbonyl (C=O) groups excluding carboxylic acids is 1. The number of nitrogens with zero attached hydrogens (tertiary/aromatic N) is 3. The van der Waals surface area contributed by atoms with E-state index in [0.717, 1.165) is 16.9 Å². The fourth-order valence-electron chi connectivity index (χ4n) is 1.76. The van der Waals surface area contributed by atoms with Gasteiger partial charge in [-0.2, -0.15) is 0 Å². The van der Waals surface area contributed by atoms with E-state index >= 15 is 0 Å². The molecule has 1 aromatic carbocycles. The Morgan fingerprint density at radius 3 is 2.84 bits per heavy atom. The first-order valence-electron chi connectivity index (χ1n) is 6.02. The number of carbonyl (C=O) groups is 1. The van der Waals surface area contributed by atoms with Crippen molar-refractivity contribution in [3.63, 3.8) is 0 Å². The van der Waals surface area contributed by atoms with Crippen molar-refractivity contribution < 1.29 is 4.79 Å². The molecule has 1 heterocycles. The highest BCUT2D eigenvalue weighted by atomic mass is 16.1. The van der Waals surface area contributed by atoms with Gasteiger partial charge in [0.05, 0.1) is 6.54 Å². The summed E-state index contributed by atoms with van der Waals surface area (Å²) in [5.41, 5.74) is 3.49. The molecular formula is C13H17N5O. The van der Waals surface area contributed by atoms with E-state index in [1.807, 2.05) is 38.4 Å². The molecular weight excluding hydrogens is 242 g/mol. The normalized spacial score (nSPS) is 10.3. The molecule has 6 nitrogen and oxygen atoms in total. The Bertz CT molecular complexity index is 590. The summed E-state index contributed by atoms with van der Waals surface area (Å²) in [6.45, 7) is 2.57. The van der Waals surface area contributed by atoms with E-state index in [9.17, 15) is 4.79 Å². The molecule has 2 aromatic rings. The van der Waals surface area contributed by atoms with Crippen LogP contribution >= 0.6 is 0 Å². The maximum Gasteiger partial charge on any atom is 0.251 e. The summed E-state index contributed by atoms with van der Waals surface area (Å²) in [6.07, 6.45) is 1.85. The highest BCUT2D eigenvalue weighted by molar-refractivity contribution is 5.95. The van der Waals surface area contributed by atoms with E-state index in [-0.39, 0.29) is 5.91 Å². The average molecular weight is 259 g/mol. The second kappa shape index (κ2) is 5.51. The molecule has 1 aromatic heterocycles. The molecule has 100 valence electrons. The minimum atomic E-state index is -0.0949. The number of rotatable bonds is 4. The Balaban J connectivity index is 2.12. The third-order valence-electron chi connectivity index (χ3n) is 2.84. The number of anilines is 1. The molecule has 0 aliphatic rings. The zero-order valence-corrected chi connectivity index (χ0v) is 11.3. The molecule has 0 atom stereocenters. The van der Waals surface area contributed by atoms with Gasteiger partial charge in [0.2, 0.25) is 0 Å². The maximum absolute atomic E-state index is 11.6. The fourth-order valence-corrected chi connectivity index (χ4v) is 1.76. The minimum Gasteiger partial charge on any atom is -0.379 e. The minimum absolute atomic E-state index is 0.0949. The molecule has 0 fully saturated rings. The summed E-state index contributed by atoms with van der Waals surface area (Å²) in [7, 11) is 3.45. The Kier molecular flexibility index (Phi) is 3.79. The summed E-state index contributed by atoms with van der Waals surface area (Å²) < 4.78 is 1.66. The number of aromatic nitrogens is 3. The van der Waals surface area contributed by atoms with Crippen LogP contribution < -0.4 is 10.6 Å². The van der Waals surface area contributed by atoms with E-state index in [0.29, 0.717) is 12.1 Å². The van der Waals surface area contributed by atoms with Crippen molar-refractivity contribution in [1.29, 1.82) is 0 Å². The van der Waals surface area contributed by atoms with Crippen molar-refractivity contribution in [3.8, 4) is 0 Å². The van der Waals surface area contributed by atoms with Crippen LogP contribution in [0.15, 0.2) is 24.4 Å². The van der Waals surface area contributed by atoms with Crippen molar-refractivity contribution in [1.82, 2.24) is 20.3 Å². The van der Waals surface area contributed by atoms with Crippen molar-refractivity contribution in [3.05, 3.63) is 41.2 Å². The Labute approximate surface area is 111 Å². The van der Waals surface area contributed by atoms with Crippen molar-refractivity contribution in [2.75, 3.05) is 12.4 Å². The van der Waals surface area contributed by atoms with Crippen LogP contribution in [0, 0.1) is 6.92 Å². The average Bonchev–Trinajstić information content (AvgIpc) is 2.82. The van der Waals surface area contributed by atoms with Crippen LogP contribution in [-0.2, 0) is 13.6 Å². The zero-order valence-electron chi connectivity index (χ0n) is 11.3. The molecule has 2 N–H and O–H groups in total. The van der Waals surface area contributed by atoms with Gasteiger partial charge >= 0.3 is 0 Å². The lowest BCUT2D eigenvalue weighted by atomic mass is 10.1. The number of hydrogen-bond donors (Lipinski definition) is 2. The van der Waals surface area contributed by atoms with Crippen LogP contribution in [-0.4, -0.2) is 27.9 Å². The van der Waals surface area contributed by atoms with E-state index in [2.05, 4.69) is 20.9 Å². The van der Waals surface area contributed by atoms with Crippen LogP contribution in [0.5, 0.6) is 0 Å². The van der Waals surface area contributed by atoms with Gasteiger partial charge in [0.15, 0.2) is 0 Å². The summed E-state index contributed by atoms with van der Waals surface area (Å²) in [5.74, 6) is -0.0949. The van der Waals surface area contributed by atoms with Gasteiger partial charge in [-0.05, 0) is 24.6 Å². The van der Waals surface area contributed by atoms with Gasteiger partial charge in [-0.3, -0.25) is 9.48 Å². The number of hydrogen-bond acceptors (Lipinski definition) is 4. The van der Waals surface area contributed by atoms with Gasteiger partial charge < -0.3 is 10.6 Å². The lowest BCUT2D eigenvalue weighted by Gasteiger charge is -2.10. The molecule has 6 heteroatoms. The predicted octanol–water partition coefficient (Wildman–Crippen LogP) is 1.10. The van der Waals surface area contributed by atoms with Crippen LogP contribution in [0.2, 0.25) is 0 Å². The summed E-state index contributed by atoms with van der Waals surface area (Å²) >= 11 is 0. The first-order chi connectivity index (χ1) is 9.10. The molecule has 0 saturated heterocycles. The number of amides is 1. The van der Waals surface area contributed by atoms with Crippen LogP contribution in [0.4, 0.5) is 5.69 Å². The van der Waals surface area contributed by atoms with E-state index in [1.165, 1.54) is 0 Å². The lowest BCUT2D eigenvalue weighted by molar-refractivity contribution is 0.0963. The summed E-state index contributed by atoms with van der Waals surface area (Å²) in [4.78, 5) is 11.6. The van der Waals surface area contributed by atoms with E-state index in [4.69, 9.17) is 0 Å². The van der Waals surface area contributed by atoms with Crippen LogP contribution in [0.3, 0.4) is 0 Å². The molecule has 19 heavy (non-hydrogen) atoms. The predicted molar refractivity (Wildman–Crippen MR) is 72.9 cm³/mol. The first kappa shape index (κ1) is 13.1. The molecule has 0 unspecified atom stereocenters. The quantitative estimate of drug-likeness (QED) is 0.862. The smallest absolute Gasteiger partial charge is 0.251 e. The molecule has 0 bridgehead atoms. The molecule has 0 aliphatic heterocycles. The monoisotopic (exact) mass is 259 g/mol. The molecule has 0 radical (unpaired) electrons. The Morgan fingerprint density at radius 2 is 2.21 bits per heavy atom. The first-order valence-corrected chi connectivity index (χ1v) is 6.02. The van der Waals surface area contributed by atoms with Gasteiger partial charge in [0.25, 0.3) is 5.91 Å². The zero-order chi connectivity index (χ0) is 13.8. The molecule has 2 rings (SSSR count). The van der Waals surface area contributed by atoms with Gasteiger partial charge in [0.1, 0.15) is 5.69 Å². The standard InChI is InChI=1S/C13H17N5O/c1-9-4-5-10(13(19)14-2)6-12(9)15-7-11-8-18(3)17-16-11/h4-6,8,15H,7H2,1-3H3,(H,14,19). The molecule has 1 amide bonds. The molecule has 0 spiro atoms. The number of benzene rings is 1. The lowest BCUT2D eigenvalue weighted by Crippen LogP contribution is -2.18. The van der Waals surface area contributed by atoms with E-state index < -0.39 is 0 Å². The third-order valence-corrected chi connectivity index (χ3v) is 2.84. The SMILES string of the molecule is CNC(=O)c1ccc(C)c(NCc2cn(C)nn2)c1. The second-order valence-electron chi connectivity index (χ2n) is 4.35. The van der Waals surface area contributed by atoms with Crippen molar-refractivity contribution in [2.24, 2.45) is 7.05 Å². The molecule has 0 saturated carbocycles. The van der Waals surface area contributed by atoms with Crippen LogP contribution in [0.1, 0.15) is 21.6 Å². The highest BCUT2D eigenvalue weighted by Crippen LogP contribution is 2.17. The number of aryl methyl sites for hydroxylation is 2. The van der Waals surface area contributed by atoms with E-state index in [1.54, 1.807) is 11.7 Å². The highest BCUT2D eigenvalue weighted by Gasteiger charge is 2.06. The number of nitrogens with one attached hydrogen (secondary N) is 2. The van der Waals surface area contributed by atoms with Crippen molar-refractivity contribution in [2.45, 2.75) is 13.5 Å². The summed E-state index contributed by atoms with van der Waals surface area (Å²) in [6, 6.07) is 5.57. The Hall–Kier alpha value is -2.37. The van der Waals surface area contributed by atoms with Gasteiger partial charge in [0, 0.05) is 31.5 Å². The maximum atomic E-state index is 11.6. The van der Waals surface area contributed by atoms with Gasteiger partial charge in [-0.1, -0.05) is 11.3 Å². The molecule has 0 aliphatic carbocycles. The largest absolute Gasteiger partial charge is 0.379 e. The summed E-state index contributed by atoms with van der Waals surface area (Å²) in [5, 5.41) is 13.8.